The summed E-state index contributed by atoms with van der Waals surface area (Å²) in [5, 5.41) is 5.91. The molecule has 2 unspecified atom stereocenters. The van der Waals surface area contributed by atoms with Crippen molar-refractivity contribution in [3.63, 3.8) is 0 Å². The first-order valence-corrected chi connectivity index (χ1v) is 8.31. The van der Waals surface area contributed by atoms with Crippen molar-refractivity contribution in [3.05, 3.63) is 36.0 Å². The van der Waals surface area contributed by atoms with Crippen LogP contribution in [0.15, 0.2) is 30.5 Å². The third-order valence-corrected chi connectivity index (χ3v) is 5.23. The molecule has 1 saturated carbocycles. The number of H-pyrrole nitrogens is 1. The Morgan fingerprint density at radius 2 is 2.26 bits per heavy atom. The van der Waals surface area contributed by atoms with Gasteiger partial charge in [0, 0.05) is 29.6 Å². The summed E-state index contributed by atoms with van der Waals surface area (Å²) in [6, 6.07) is 9.54. The van der Waals surface area contributed by atoms with Crippen molar-refractivity contribution in [1.29, 1.82) is 0 Å². The predicted molar refractivity (Wildman–Crippen MR) is 84.7 cm³/mol. The molecule has 1 aliphatic carbocycles. The third kappa shape index (κ3) is 3.15. The van der Waals surface area contributed by atoms with Crippen LogP contribution in [0.3, 0.4) is 0 Å². The van der Waals surface area contributed by atoms with Gasteiger partial charge >= 0.3 is 0 Å². The van der Waals surface area contributed by atoms with Gasteiger partial charge in [-0.05, 0) is 54.2 Å². The van der Waals surface area contributed by atoms with Crippen LogP contribution in [0.5, 0.6) is 0 Å². The minimum Gasteiger partial charge on any atom is -0.361 e. The Kier molecular flexibility index (Phi) is 4.14. The third-order valence-electron chi connectivity index (χ3n) is 4.00. The summed E-state index contributed by atoms with van der Waals surface area (Å²) in [6.45, 7) is 3.26. The number of benzene rings is 1. The second-order valence-corrected chi connectivity index (χ2v) is 6.94. The fraction of sp³-hybridized carbons (Fsp3) is 0.500. The largest absolute Gasteiger partial charge is 0.361 e. The average molecular weight is 274 g/mol. The maximum Gasteiger partial charge on any atom is 0.0454 e. The zero-order chi connectivity index (χ0) is 13.1. The van der Waals surface area contributed by atoms with E-state index in [2.05, 4.69) is 53.3 Å². The van der Waals surface area contributed by atoms with Crippen molar-refractivity contribution in [2.75, 3.05) is 5.75 Å². The lowest BCUT2D eigenvalue weighted by molar-refractivity contribution is 0.525. The van der Waals surface area contributed by atoms with Gasteiger partial charge in [0.1, 0.15) is 0 Å². The lowest BCUT2D eigenvalue weighted by Gasteiger charge is -2.13. The summed E-state index contributed by atoms with van der Waals surface area (Å²) in [4.78, 5) is 3.24. The van der Waals surface area contributed by atoms with Crippen LogP contribution in [0.1, 0.15) is 31.7 Å². The highest BCUT2D eigenvalue weighted by Gasteiger charge is 2.23. The van der Waals surface area contributed by atoms with Gasteiger partial charge in [-0.25, -0.2) is 0 Å². The molecule has 1 heterocycles. The standard InChI is InChI=1S/C16H22N2S/c1-2-19-15-5-4-14(10-15)18-11-12-3-6-16-13(9-12)7-8-17-16/h3,6-9,14-15,17-18H,2,4-5,10-11H2,1H3. The molecule has 0 amide bonds. The average Bonchev–Trinajstić information content (AvgIpc) is 3.04. The van der Waals surface area contributed by atoms with Crippen molar-refractivity contribution in [3.8, 4) is 0 Å². The molecule has 2 atom stereocenters. The van der Waals surface area contributed by atoms with Gasteiger partial charge in [0.25, 0.3) is 0 Å². The highest BCUT2D eigenvalue weighted by molar-refractivity contribution is 7.99. The molecule has 0 saturated heterocycles. The summed E-state index contributed by atoms with van der Waals surface area (Å²) >= 11 is 2.12. The van der Waals surface area contributed by atoms with E-state index >= 15 is 0 Å². The van der Waals surface area contributed by atoms with Crippen LogP contribution >= 0.6 is 11.8 Å². The van der Waals surface area contributed by atoms with Gasteiger partial charge in [-0.3, -0.25) is 0 Å². The molecule has 0 aliphatic heterocycles. The first kappa shape index (κ1) is 13.1. The number of rotatable bonds is 5. The molecule has 19 heavy (non-hydrogen) atoms. The number of fused-ring (bicyclic) bond motifs is 1. The molecule has 0 spiro atoms. The number of aromatic amines is 1. The smallest absolute Gasteiger partial charge is 0.0454 e. The van der Waals surface area contributed by atoms with Crippen molar-refractivity contribution in [1.82, 2.24) is 10.3 Å². The lowest BCUT2D eigenvalue weighted by Crippen LogP contribution is -2.26. The Morgan fingerprint density at radius 3 is 3.16 bits per heavy atom. The van der Waals surface area contributed by atoms with E-state index in [-0.39, 0.29) is 0 Å². The molecule has 2 N–H and O–H groups in total. The number of aromatic nitrogens is 1. The molecule has 1 aromatic heterocycles. The Bertz CT molecular complexity index is 534. The van der Waals surface area contributed by atoms with Crippen molar-refractivity contribution in [2.45, 2.75) is 44.0 Å². The van der Waals surface area contributed by atoms with Gasteiger partial charge in [-0.1, -0.05) is 13.0 Å². The first-order chi connectivity index (χ1) is 9.35. The minimum atomic E-state index is 0.714. The highest BCUT2D eigenvalue weighted by Crippen LogP contribution is 2.29. The van der Waals surface area contributed by atoms with Crippen LogP contribution < -0.4 is 5.32 Å². The summed E-state index contributed by atoms with van der Waals surface area (Å²) < 4.78 is 0. The quantitative estimate of drug-likeness (QED) is 0.864. The maximum atomic E-state index is 3.72. The molecular formula is C16H22N2S. The van der Waals surface area contributed by atoms with Gasteiger partial charge in [0.05, 0.1) is 0 Å². The summed E-state index contributed by atoms with van der Waals surface area (Å²) in [5.74, 6) is 1.25. The summed E-state index contributed by atoms with van der Waals surface area (Å²) in [5.41, 5.74) is 2.61. The van der Waals surface area contributed by atoms with Gasteiger partial charge in [0.15, 0.2) is 0 Å². The number of hydrogen-bond acceptors (Lipinski definition) is 2. The molecule has 0 radical (unpaired) electrons. The normalized spacial score (nSPS) is 23.2. The van der Waals surface area contributed by atoms with Crippen molar-refractivity contribution >= 4 is 22.7 Å². The molecular weight excluding hydrogens is 252 g/mol. The molecule has 0 bridgehead atoms. The van der Waals surface area contributed by atoms with E-state index < -0.39 is 0 Å². The van der Waals surface area contributed by atoms with Gasteiger partial charge in [-0.2, -0.15) is 11.8 Å². The Hall–Kier alpha value is -0.930. The maximum absolute atomic E-state index is 3.72. The van der Waals surface area contributed by atoms with Crippen LogP contribution in [-0.4, -0.2) is 22.0 Å². The molecule has 2 aromatic rings. The van der Waals surface area contributed by atoms with E-state index in [1.165, 1.54) is 41.5 Å². The molecule has 1 fully saturated rings. The molecule has 3 rings (SSSR count). The Balaban J connectivity index is 1.54. The number of nitrogens with one attached hydrogen (secondary N) is 2. The zero-order valence-electron chi connectivity index (χ0n) is 11.5. The first-order valence-electron chi connectivity index (χ1n) is 7.26. The van der Waals surface area contributed by atoms with Crippen LogP contribution in [0.4, 0.5) is 0 Å². The number of hydrogen-bond donors (Lipinski definition) is 2. The minimum absolute atomic E-state index is 0.714. The van der Waals surface area contributed by atoms with Crippen LogP contribution in [0.25, 0.3) is 10.9 Å². The molecule has 102 valence electrons. The van der Waals surface area contributed by atoms with E-state index in [4.69, 9.17) is 0 Å². The van der Waals surface area contributed by atoms with Gasteiger partial charge in [0.2, 0.25) is 0 Å². The molecule has 1 aliphatic rings. The van der Waals surface area contributed by atoms with E-state index in [1.54, 1.807) is 0 Å². The molecule has 1 aromatic carbocycles. The SMILES string of the molecule is CCSC1CCC(NCc2ccc3[nH]ccc3c2)C1. The molecule has 3 heteroatoms. The lowest BCUT2D eigenvalue weighted by atomic mass is 10.1. The van der Waals surface area contributed by atoms with Crippen LogP contribution in [0, 0.1) is 0 Å². The predicted octanol–water partition coefficient (Wildman–Crippen LogP) is 3.93. The van der Waals surface area contributed by atoms with Gasteiger partial charge < -0.3 is 10.3 Å². The zero-order valence-corrected chi connectivity index (χ0v) is 12.3. The fourth-order valence-electron chi connectivity index (χ4n) is 2.99. The van der Waals surface area contributed by atoms with Gasteiger partial charge in [-0.15, -0.1) is 0 Å². The Labute approximate surface area is 119 Å². The summed E-state index contributed by atoms with van der Waals surface area (Å²) in [7, 11) is 0. The molecule has 2 nitrogen and oxygen atoms in total. The van der Waals surface area contributed by atoms with Crippen molar-refractivity contribution in [2.24, 2.45) is 0 Å². The van der Waals surface area contributed by atoms with E-state index in [0.29, 0.717) is 6.04 Å². The monoisotopic (exact) mass is 274 g/mol. The van der Waals surface area contributed by atoms with Crippen LogP contribution in [-0.2, 0) is 6.54 Å². The highest BCUT2D eigenvalue weighted by atomic mass is 32.2. The summed E-state index contributed by atoms with van der Waals surface area (Å²) in [6.07, 6.45) is 6.06. The topological polar surface area (TPSA) is 27.8 Å². The van der Waals surface area contributed by atoms with Crippen LogP contribution in [0.2, 0.25) is 0 Å². The Morgan fingerprint density at radius 1 is 1.32 bits per heavy atom. The second-order valence-electron chi connectivity index (χ2n) is 5.37. The van der Waals surface area contributed by atoms with Crippen molar-refractivity contribution < 1.29 is 0 Å². The fourth-order valence-corrected chi connectivity index (χ4v) is 4.13. The van der Waals surface area contributed by atoms with E-state index in [9.17, 15) is 0 Å². The van der Waals surface area contributed by atoms with E-state index in [1.807, 2.05) is 6.20 Å². The van der Waals surface area contributed by atoms with E-state index in [0.717, 1.165) is 11.8 Å². The number of thioether (sulfide) groups is 1. The second kappa shape index (κ2) is 6.02.